The van der Waals surface area contributed by atoms with Crippen LogP contribution in [0.25, 0.3) is 0 Å². The van der Waals surface area contributed by atoms with Crippen LogP contribution in [-0.4, -0.2) is 31.3 Å². The van der Waals surface area contributed by atoms with E-state index in [9.17, 15) is 0 Å². The Kier molecular flexibility index (Phi) is 3.55. The number of hydrogen-bond acceptors (Lipinski definition) is 1. The quantitative estimate of drug-likeness (QED) is 0.579. The third-order valence-electron chi connectivity index (χ3n) is 1.48. The van der Waals surface area contributed by atoms with E-state index in [0.29, 0.717) is 0 Å². The zero-order valence-corrected chi connectivity index (χ0v) is 8.86. The minimum atomic E-state index is 0.819. The first-order valence-electron chi connectivity index (χ1n) is 3.26. The summed E-state index contributed by atoms with van der Waals surface area (Å²) in [6.07, 6.45) is 1.30. The average molecular weight is 257 g/mol. The van der Waals surface area contributed by atoms with E-state index in [-0.39, 0.29) is 0 Å². The van der Waals surface area contributed by atoms with E-state index in [1.807, 2.05) is 0 Å². The van der Waals surface area contributed by atoms with Crippen molar-refractivity contribution >= 4 is 30.9 Å². The molecule has 0 radical (unpaired) electrons. The molecule has 0 amide bonds. The van der Waals surface area contributed by atoms with Gasteiger partial charge in [0.25, 0.3) is 0 Å². The summed E-state index contributed by atoms with van der Waals surface area (Å²) in [5.74, 6) is 0. The molecular weight excluding hydrogens is 245 g/mol. The third-order valence-corrected chi connectivity index (χ3v) is 4.52. The van der Waals surface area contributed by atoms with E-state index in [0.717, 1.165) is 31.3 Å². The average Bonchev–Trinajstić information content (AvgIpc) is 2.17. The minimum absolute atomic E-state index is 0.819. The van der Waals surface area contributed by atoms with E-state index < -0.39 is 0 Å². The van der Waals surface area contributed by atoms with E-state index in [2.05, 4.69) is 28.2 Å². The number of rotatable bonds is 2. The van der Waals surface area contributed by atoms with Crippen molar-refractivity contribution in [2.45, 2.75) is 29.6 Å². The second-order valence-corrected chi connectivity index (χ2v) is 5.99. The summed E-state index contributed by atoms with van der Waals surface area (Å²) in [5, 5.41) is 6.13. The fourth-order valence-electron chi connectivity index (χ4n) is 0.987. The molecule has 1 rings (SSSR count). The van der Waals surface area contributed by atoms with Crippen molar-refractivity contribution in [3.05, 3.63) is 0 Å². The van der Waals surface area contributed by atoms with Gasteiger partial charge in [-0.1, -0.05) is 0 Å². The Balaban J connectivity index is 2.14. The summed E-state index contributed by atoms with van der Waals surface area (Å²) in [6, 6.07) is 0.819. The Morgan fingerprint density at radius 2 is 2.56 bits per heavy atom. The molecule has 2 atom stereocenters. The van der Waals surface area contributed by atoms with Crippen molar-refractivity contribution in [1.82, 2.24) is 5.32 Å². The standard InChI is InChI=1S/C6H12BrNSe/c1-5-8-6(2-3-7)4-9-5/h5-6,8H,2-4H2,1H3. The SMILES string of the molecule is CC1NC(CCBr)C[Se]1. The van der Waals surface area contributed by atoms with Gasteiger partial charge in [0.05, 0.1) is 0 Å². The third kappa shape index (κ3) is 2.58. The molecule has 1 aliphatic heterocycles. The zero-order valence-electron chi connectivity index (χ0n) is 5.56. The first kappa shape index (κ1) is 8.06. The van der Waals surface area contributed by atoms with E-state index in [1.165, 1.54) is 11.7 Å². The summed E-state index contributed by atoms with van der Waals surface area (Å²) in [7, 11) is 0. The summed E-state index contributed by atoms with van der Waals surface area (Å²) in [6.45, 7) is 2.29. The molecule has 1 aliphatic rings. The van der Waals surface area contributed by atoms with Gasteiger partial charge < -0.3 is 0 Å². The molecule has 1 nitrogen and oxygen atoms in total. The molecule has 0 saturated carbocycles. The number of halogens is 1. The van der Waals surface area contributed by atoms with Gasteiger partial charge in [0, 0.05) is 0 Å². The van der Waals surface area contributed by atoms with Crippen molar-refractivity contribution in [3.63, 3.8) is 0 Å². The van der Waals surface area contributed by atoms with Crippen molar-refractivity contribution in [2.24, 2.45) is 0 Å². The molecule has 1 fully saturated rings. The Labute approximate surface area is 71.3 Å². The fraction of sp³-hybridized carbons (Fsp3) is 1.00. The van der Waals surface area contributed by atoms with Crippen LogP contribution in [0.15, 0.2) is 0 Å². The van der Waals surface area contributed by atoms with Crippen LogP contribution in [0.3, 0.4) is 0 Å². The van der Waals surface area contributed by atoms with Gasteiger partial charge in [0.2, 0.25) is 0 Å². The summed E-state index contributed by atoms with van der Waals surface area (Å²) < 4.78 is 0. The van der Waals surface area contributed by atoms with Crippen LogP contribution in [0, 0.1) is 0 Å². The first-order chi connectivity index (χ1) is 4.33. The Hall–Kier alpha value is 0.959. The van der Waals surface area contributed by atoms with Crippen LogP contribution in [0.4, 0.5) is 0 Å². The van der Waals surface area contributed by atoms with Crippen molar-refractivity contribution in [1.29, 1.82) is 0 Å². The van der Waals surface area contributed by atoms with Crippen LogP contribution in [-0.2, 0) is 0 Å². The number of nitrogens with one attached hydrogen (secondary N) is 1. The van der Waals surface area contributed by atoms with Crippen molar-refractivity contribution in [2.75, 3.05) is 5.33 Å². The number of alkyl halides is 1. The van der Waals surface area contributed by atoms with Gasteiger partial charge in [0.15, 0.2) is 0 Å². The summed E-state index contributed by atoms with van der Waals surface area (Å²) in [4.78, 5) is 0.821. The summed E-state index contributed by atoms with van der Waals surface area (Å²) >= 11 is 4.31. The molecule has 1 heterocycles. The zero-order chi connectivity index (χ0) is 6.69. The van der Waals surface area contributed by atoms with Crippen molar-refractivity contribution in [3.8, 4) is 0 Å². The molecule has 1 saturated heterocycles. The molecule has 1 N–H and O–H groups in total. The van der Waals surface area contributed by atoms with E-state index in [1.54, 1.807) is 0 Å². The maximum absolute atomic E-state index is 3.55. The topological polar surface area (TPSA) is 12.0 Å². The molecule has 0 aromatic heterocycles. The van der Waals surface area contributed by atoms with Gasteiger partial charge in [-0.3, -0.25) is 0 Å². The van der Waals surface area contributed by atoms with Gasteiger partial charge in [-0.15, -0.1) is 0 Å². The second-order valence-electron chi connectivity index (χ2n) is 2.32. The molecular formula is C6H12BrNSe. The molecule has 0 spiro atoms. The Morgan fingerprint density at radius 1 is 1.78 bits per heavy atom. The van der Waals surface area contributed by atoms with Crippen LogP contribution < -0.4 is 5.32 Å². The number of hydrogen-bond donors (Lipinski definition) is 1. The van der Waals surface area contributed by atoms with Crippen LogP contribution in [0.5, 0.6) is 0 Å². The Morgan fingerprint density at radius 3 is 3.00 bits per heavy atom. The fourth-order valence-corrected chi connectivity index (χ4v) is 3.79. The van der Waals surface area contributed by atoms with E-state index in [4.69, 9.17) is 0 Å². The van der Waals surface area contributed by atoms with E-state index >= 15 is 0 Å². The van der Waals surface area contributed by atoms with Gasteiger partial charge in [0.1, 0.15) is 0 Å². The van der Waals surface area contributed by atoms with Crippen LogP contribution >= 0.6 is 15.9 Å². The molecule has 9 heavy (non-hydrogen) atoms. The molecule has 3 heteroatoms. The first-order valence-corrected chi connectivity index (χ1v) is 6.58. The normalized spacial score (nSPS) is 35.3. The molecule has 0 aromatic rings. The van der Waals surface area contributed by atoms with Gasteiger partial charge in [-0.2, -0.15) is 0 Å². The molecule has 0 aliphatic carbocycles. The van der Waals surface area contributed by atoms with Gasteiger partial charge >= 0.3 is 71.2 Å². The molecule has 2 unspecified atom stereocenters. The predicted octanol–water partition coefficient (Wildman–Crippen LogP) is 1.21. The van der Waals surface area contributed by atoms with Crippen LogP contribution in [0.1, 0.15) is 13.3 Å². The Bertz CT molecular complexity index is 87.1. The molecule has 0 aromatic carbocycles. The molecule has 0 bridgehead atoms. The maximum atomic E-state index is 3.55. The van der Waals surface area contributed by atoms with Crippen molar-refractivity contribution < 1.29 is 0 Å². The summed E-state index contributed by atoms with van der Waals surface area (Å²) in [5.41, 5.74) is 0. The second kappa shape index (κ2) is 3.97. The van der Waals surface area contributed by atoms with Gasteiger partial charge in [-0.05, 0) is 0 Å². The monoisotopic (exact) mass is 257 g/mol. The molecule has 54 valence electrons. The predicted molar refractivity (Wildman–Crippen MR) is 45.4 cm³/mol. The van der Waals surface area contributed by atoms with Gasteiger partial charge in [-0.25, -0.2) is 0 Å². The van der Waals surface area contributed by atoms with Crippen LogP contribution in [0.2, 0.25) is 5.32 Å².